The first kappa shape index (κ1) is 29.4. The van der Waals surface area contributed by atoms with Gasteiger partial charge in [-0.3, -0.25) is 9.69 Å². The van der Waals surface area contributed by atoms with Crippen molar-refractivity contribution in [1.29, 1.82) is 5.26 Å². The Hall–Kier alpha value is -3.69. The lowest BCUT2D eigenvalue weighted by Gasteiger charge is -2.33. The maximum Gasteiger partial charge on any atom is 0.393 e. The first-order valence-electron chi connectivity index (χ1n) is 14.8. The largest absolute Gasteiger partial charge is 0.393 e. The van der Waals surface area contributed by atoms with E-state index in [4.69, 9.17) is 0 Å². The Balaban J connectivity index is 1.10. The number of hydrogen-bond acceptors (Lipinski definition) is 7. The highest BCUT2D eigenvalue weighted by molar-refractivity contribution is 7.18. The molecule has 8 nitrogen and oxygen atoms in total. The molecule has 3 aromatic heterocycles. The van der Waals surface area contributed by atoms with Crippen molar-refractivity contribution in [2.75, 3.05) is 31.5 Å². The second-order valence-electron chi connectivity index (χ2n) is 11.6. The Morgan fingerprint density at radius 1 is 1.09 bits per heavy atom. The number of alkyl halides is 3. The van der Waals surface area contributed by atoms with Crippen molar-refractivity contribution in [3.8, 4) is 6.07 Å². The Labute approximate surface area is 252 Å². The summed E-state index contributed by atoms with van der Waals surface area (Å²) < 4.78 is 40.6. The first-order valence-corrected chi connectivity index (χ1v) is 15.6. The fourth-order valence-electron chi connectivity index (χ4n) is 6.31. The van der Waals surface area contributed by atoms with Gasteiger partial charge in [0.2, 0.25) is 5.91 Å². The van der Waals surface area contributed by atoms with Crippen LogP contribution in [0.15, 0.2) is 30.6 Å². The maximum absolute atomic E-state index is 13.0. The van der Waals surface area contributed by atoms with Crippen LogP contribution in [-0.4, -0.2) is 68.6 Å². The number of thiophene rings is 1. The number of rotatable bonds is 7. The third-order valence-corrected chi connectivity index (χ3v) is 9.70. The average Bonchev–Trinajstić information content (AvgIpc) is 3.56. The Kier molecular flexibility index (Phi) is 8.29. The van der Waals surface area contributed by atoms with E-state index < -0.39 is 12.6 Å². The Bertz CT molecular complexity index is 1670. The summed E-state index contributed by atoms with van der Waals surface area (Å²) in [6.45, 7) is 6.34. The lowest BCUT2D eigenvalue weighted by atomic mass is 10.0. The molecule has 2 fully saturated rings. The smallest absolute Gasteiger partial charge is 0.367 e. The highest BCUT2D eigenvalue weighted by Gasteiger charge is 2.29. The minimum Gasteiger partial charge on any atom is -0.367 e. The number of amides is 1. The van der Waals surface area contributed by atoms with Gasteiger partial charge in [-0.05, 0) is 68.4 Å². The first-order chi connectivity index (χ1) is 20.7. The second kappa shape index (κ2) is 12.1. The van der Waals surface area contributed by atoms with E-state index in [-0.39, 0.29) is 23.4 Å². The van der Waals surface area contributed by atoms with Crippen LogP contribution in [0, 0.1) is 18.3 Å². The van der Waals surface area contributed by atoms with Gasteiger partial charge in [0, 0.05) is 54.5 Å². The summed E-state index contributed by atoms with van der Waals surface area (Å²) in [6.07, 6.45) is 1.16. The molecule has 1 N–H and O–H groups in total. The van der Waals surface area contributed by atoms with Crippen LogP contribution >= 0.6 is 11.3 Å². The summed E-state index contributed by atoms with van der Waals surface area (Å²) in [7, 11) is 0. The lowest BCUT2D eigenvalue weighted by Crippen LogP contribution is -2.39. The van der Waals surface area contributed by atoms with Gasteiger partial charge in [-0.1, -0.05) is 6.07 Å². The van der Waals surface area contributed by atoms with Gasteiger partial charge in [0.1, 0.15) is 35.3 Å². The number of nitrogens with zero attached hydrogens (tertiary/aromatic N) is 6. The molecule has 2 saturated heterocycles. The molecule has 6 rings (SSSR count). The van der Waals surface area contributed by atoms with Crippen molar-refractivity contribution < 1.29 is 18.0 Å². The highest BCUT2D eigenvalue weighted by Crippen LogP contribution is 2.33. The summed E-state index contributed by atoms with van der Waals surface area (Å²) in [6, 6.07) is 10.0. The monoisotopic (exact) mass is 609 g/mol. The van der Waals surface area contributed by atoms with Gasteiger partial charge < -0.3 is 14.8 Å². The summed E-state index contributed by atoms with van der Waals surface area (Å²) in [5.74, 6) is 0.654. The van der Waals surface area contributed by atoms with Gasteiger partial charge in [-0.25, -0.2) is 9.97 Å². The zero-order chi connectivity index (χ0) is 30.1. The van der Waals surface area contributed by atoms with Crippen LogP contribution in [0.4, 0.5) is 19.0 Å². The van der Waals surface area contributed by atoms with E-state index in [9.17, 15) is 23.2 Å². The molecule has 0 unspecified atom stereocenters. The predicted octanol–water partition coefficient (Wildman–Crippen LogP) is 6.02. The molecule has 0 saturated carbocycles. The lowest BCUT2D eigenvalue weighted by molar-refractivity contribution is -0.132. The van der Waals surface area contributed by atoms with Gasteiger partial charge in [-0.15, -0.1) is 11.3 Å². The van der Waals surface area contributed by atoms with E-state index in [0.29, 0.717) is 21.7 Å². The number of carbonyl (C=O) groups excluding carboxylic acids is 1. The molecule has 1 amide bonds. The molecule has 2 aliphatic heterocycles. The number of likely N-dealkylation sites (tertiary alicyclic amines) is 2. The van der Waals surface area contributed by atoms with Gasteiger partial charge >= 0.3 is 6.18 Å². The van der Waals surface area contributed by atoms with Crippen LogP contribution < -0.4 is 5.32 Å². The molecule has 0 spiro atoms. The fourth-order valence-corrected chi connectivity index (χ4v) is 7.34. The molecule has 0 bridgehead atoms. The molecule has 1 aromatic carbocycles. The van der Waals surface area contributed by atoms with Crippen molar-refractivity contribution in [2.24, 2.45) is 0 Å². The predicted molar refractivity (Wildman–Crippen MR) is 161 cm³/mol. The zero-order valence-corrected chi connectivity index (χ0v) is 24.9. The van der Waals surface area contributed by atoms with Crippen LogP contribution in [0.2, 0.25) is 0 Å². The van der Waals surface area contributed by atoms with Crippen LogP contribution in [0.3, 0.4) is 0 Å². The Morgan fingerprint density at radius 3 is 2.58 bits per heavy atom. The molecule has 0 atom stereocenters. The molecule has 0 radical (unpaired) electrons. The third kappa shape index (κ3) is 6.48. The van der Waals surface area contributed by atoms with E-state index in [1.54, 1.807) is 6.07 Å². The fraction of sp³-hybridized carbons (Fsp3) is 0.484. The number of fused-ring (bicyclic) bond motifs is 2. The average molecular weight is 610 g/mol. The topological polar surface area (TPSA) is 90.1 Å². The quantitative estimate of drug-likeness (QED) is 0.276. The van der Waals surface area contributed by atoms with Crippen LogP contribution in [-0.2, 0) is 24.3 Å². The molecule has 2 aliphatic rings. The number of benzene rings is 1. The van der Waals surface area contributed by atoms with Crippen molar-refractivity contribution in [3.05, 3.63) is 52.3 Å². The summed E-state index contributed by atoms with van der Waals surface area (Å²) in [4.78, 5) is 26.6. The highest BCUT2D eigenvalue weighted by atomic mass is 32.1. The second-order valence-corrected chi connectivity index (χ2v) is 12.7. The normalized spacial score (nSPS) is 17.0. The van der Waals surface area contributed by atoms with E-state index in [1.165, 1.54) is 11.9 Å². The SMILES string of the molecule is Cc1c(CN2CCC(Nc3ncnc4sc(CC(F)(F)F)cc34)CC2)ccc2c1cc(C#N)n2CC(=O)N1CCCCC1. The molecule has 0 aliphatic carbocycles. The van der Waals surface area contributed by atoms with Crippen molar-refractivity contribution in [2.45, 2.75) is 70.8 Å². The molecular formula is C31H34F3N7OS. The van der Waals surface area contributed by atoms with Gasteiger partial charge in [0.15, 0.2) is 0 Å². The number of aromatic nitrogens is 3. The standard InChI is InChI=1S/C31H34F3N7OS/c1-20-21(5-6-27-25(20)13-23(16-35)41(27)18-28(42)40-9-3-2-4-10-40)17-39-11-7-22(8-12-39)38-29-26-14-24(15-31(32,33)34)43-30(26)37-19-36-29/h5-6,13-14,19,22H,2-4,7-12,15,17-18H2,1H3,(H,36,37,38). The van der Waals surface area contributed by atoms with Gasteiger partial charge in [0.25, 0.3) is 0 Å². The Morgan fingerprint density at radius 2 is 1.86 bits per heavy atom. The van der Waals surface area contributed by atoms with E-state index in [0.717, 1.165) is 92.6 Å². The van der Waals surface area contributed by atoms with Crippen molar-refractivity contribution >= 4 is 44.2 Å². The third-order valence-electron chi connectivity index (χ3n) is 8.66. The summed E-state index contributed by atoms with van der Waals surface area (Å²) >= 11 is 1.06. The number of hydrogen-bond donors (Lipinski definition) is 1. The minimum absolute atomic E-state index is 0.0651. The van der Waals surface area contributed by atoms with E-state index >= 15 is 0 Å². The summed E-state index contributed by atoms with van der Waals surface area (Å²) in [5, 5.41) is 14.9. The van der Waals surface area contributed by atoms with Crippen molar-refractivity contribution in [1.82, 2.24) is 24.3 Å². The number of halogens is 3. The van der Waals surface area contributed by atoms with Crippen LogP contribution in [0.5, 0.6) is 0 Å². The van der Waals surface area contributed by atoms with Gasteiger partial charge in [0.05, 0.1) is 11.8 Å². The number of aryl methyl sites for hydroxylation is 1. The maximum atomic E-state index is 13.0. The zero-order valence-electron chi connectivity index (χ0n) is 24.1. The van der Waals surface area contributed by atoms with Crippen LogP contribution in [0.25, 0.3) is 21.1 Å². The molecule has 43 heavy (non-hydrogen) atoms. The number of nitrogens with one attached hydrogen (secondary N) is 1. The van der Waals surface area contributed by atoms with E-state index in [2.05, 4.69) is 39.2 Å². The number of piperidine rings is 2. The number of carbonyl (C=O) groups is 1. The van der Waals surface area contributed by atoms with Gasteiger partial charge in [-0.2, -0.15) is 18.4 Å². The summed E-state index contributed by atoms with van der Waals surface area (Å²) in [5.41, 5.74) is 3.72. The molecule has 12 heteroatoms. The molecule has 226 valence electrons. The van der Waals surface area contributed by atoms with Crippen molar-refractivity contribution in [3.63, 3.8) is 0 Å². The molecular weight excluding hydrogens is 575 g/mol. The minimum atomic E-state index is -4.26. The number of nitriles is 1. The molecule has 5 heterocycles. The molecule has 4 aromatic rings. The number of anilines is 1. The van der Waals surface area contributed by atoms with Crippen LogP contribution in [0.1, 0.15) is 53.8 Å². The van der Waals surface area contributed by atoms with E-state index in [1.807, 2.05) is 21.6 Å².